The highest BCUT2D eigenvalue weighted by atomic mass is 14.9. The second-order valence-electron chi connectivity index (χ2n) is 14.0. The van der Waals surface area contributed by atoms with Gasteiger partial charge in [0.05, 0.1) is 16.9 Å². The number of benzene rings is 5. The van der Waals surface area contributed by atoms with Gasteiger partial charge in [-0.25, -0.2) is 4.98 Å². The molecule has 9 rings (SSSR count). The number of pyridine rings is 1. The molecule has 6 aromatic rings. The second kappa shape index (κ2) is 12.7. The Morgan fingerprint density at radius 3 is 2.33 bits per heavy atom. The van der Waals surface area contributed by atoms with Gasteiger partial charge < -0.3 is 10.7 Å². The predicted octanol–water partition coefficient (Wildman–Crippen LogP) is 11.8. The largest absolute Gasteiger partial charge is 0.378 e. The van der Waals surface area contributed by atoms with Crippen molar-refractivity contribution in [3.8, 4) is 11.3 Å². The van der Waals surface area contributed by atoms with Crippen molar-refractivity contribution >= 4 is 62.3 Å². The summed E-state index contributed by atoms with van der Waals surface area (Å²) >= 11 is 0. The molecule has 5 aromatic carbocycles. The van der Waals surface area contributed by atoms with E-state index in [4.69, 9.17) is 10.4 Å². The lowest BCUT2D eigenvalue weighted by Gasteiger charge is -2.32. The number of hydrogen-bond donors (Lipinski definition) is 2. The van der Waals surface area contributed by atoms with Crippen molar-refractivity contribution < 1.29 is 0 Å². The molecule has 0 spiro atoms. The molecule has 1 aliphatic heterocycles. The number of aromatic nitrogens is 1. The van der Waals surface area contributed by atoms with Crippen LogP contribution in [0.2, 0.25) is 0 Å². The Morgan fingerprint density at radius 2 is 1.55 bits per heavy atom. The van der Waals surface area contributed by atoms with Crippen LogP contribution in [0.15, 0.2) is 134 Å². The summed E-state index contributed by atoms with van der Waals surface area (Å²) in [6, 6.07) is 31.2. The van der Waals surface area contributed by atoms with Crippen molar-refractivity contribution in [2.75, 3.05) is 0 Å². The van der Waals surface area contributed by atoms with E-state index in [0.29, 0.717) is 0 Å². The van der Waals surface area contributed by atoms with Gasteiger partial charge >= 0.3 is 0 Å². The Hall–Kier alpha value is -6.06. The average Bonchev–Trinajstić information content (AvgIpc) is 3.17. The summed E-state index contributed by atoms with van der Waals surface area (Å²) in [5.41, 5.74) is 11.4. The third kappa shape index (κ3) is 5.37. The van der Waals surface area contributed by atoms with E-state index < -0.39 is 5.54 Å². The monoisotopic (exact) mass is 657 g/mol. The Kier molecular flexibility index (Phi) is 7.70. The third-order valence-electron chi connectivity index (χ3n) is 10.8. The van der Waals surface area contributed by atoms with Crippen LogP contribution in [0.25, 0.3) is 67.4 Å². The first-order chi connectivity index (χ1) is 25.1. The molecule has 2 heterocycles. The van der Waals surface area contributed by atoms with E-state index >= 15 is 0 Å². The van der Waals surface area contributed by atoms with Crippen LogP contribution in [0.4, 0.5) is 0 Å². The molecule has 1 unspecified atom stereocenters. The zero-order chi connectivity index (χ0) is 34.4. The number of rotatable bonds is 5. The highest BCUT2D eigenvalue weighted by Gasteiger charge is 2.27. The molecule has 246 valence electrons. The maximum atomic E-state index is 7.53. The molecule has 0 radical (unpaired) electrons. The minimum atomic E-state index is -0.414. The van der Waals surface area contributed by atoms with Crippen LogP contribution in [0, 0.1) is 5.41 Å². The van der Waals surface area contributed by atoms with Crippen molar-refractivity contribution in [2.24, 2.45) is 0 Å². The van der Waals surface area contributed by atoms with Crippen LogP contribution < -0.4 is 5.32 Å². The molecule has 0 saturated heterocycles. The standard InChI is InChI=1S/C48H39N3/c1-48(26-25-35(31-50-48)43-29-32(14-13-27-49)28-33-15-4-2-3-5-18-37(33)43)36-17-12-16-34(30-36)47-46-41-22-9-7-20-39(41)38-19-6-8-21-40(38)45(46)42-23-10-11-24-44(42)51-47/h2-3,5-9,11-14,16-22,24-31,49-50H,4,10,15,23H2,1H3/b3-2-,14-13-,18-5-,49-27?. The van der Waals surface area contributed by atoms with Crippen molar-refractivity contribution in [3.63, 3.8) is 0 Å². The van der Waals surface area contributed by atoms with E-state index in [1.54, 1.807) is 6.08 Å². The van der Waals surface area contributed by atoms with E-state index in [0.717, 1.165) is 53.8 Å². The number of aryl methyl sites for hydroxylation is 2. The maximum Gasteiger partial charge on any atom is 0.0794 e. The van der Waals surface area contributed by atoms with Crippen LogP contribution >= 0.6 is 0 Å². The van der Waals surface area contributed by atoms with Gasteiger partial charge in [-0.1, -0.05) is 121 Å². The molecule has 1 aromatic heterocycles. The maximum absolute atomic E-state index is 7.53. The first-order valence-electron chi connectivity index (χ1n) is 18.0. The molecule has 0 bridgehead atoms. The highest BCUT2D eigenvalue weighted by molar-refractivity contribution is 6.29. The molecular formula is C48H39N3. The van der Waals surface area contributed by atoms with E-state index in [9.17, 15) is 0 Å². The van der Waals surface area contributed by atoms with Crippen LogP contribution in [-0.2, 0) is 18.4 Å². The molecule has 3 nitrogen and oxygen atoms in total. The Bertz CT molecular complexity index is 2590. The van der Waals surface area contributed by atoms with Gasteiger partial charge in [-0.05, 0) is 123 Å². The first-order valence-corrected chi connectivity index (χ1v) is 18.0. The number of allylic oxidation sites excluding steroid dienone is 7. The Balaban J connectivity index is 1.16. The zero-order valence-electron chi connectivity index (χ0n) is 28.8. The van der Waals surface area contributed by atoms with Crippen LogP contribution in [0.1, 0.15) is 58.8 Å². The van der Waals surface area contributed by atoms with E-state index in [2.05, 4.69) is 152 Å². The highest BCUT2D eigenvalue weighted by Crippen LogP contribution is 2.44. The molecule has 1 atom stereocenters. The molecule has 0 saturated carbocycles. The third-order valence-corrected chi connectivity index (χ3v) is 10.8. The zero-order valence-corrected chi connectivity index (χ0v) is 28.8. The quantitative estimate of drug-likeness (QED) is 0.143. The van der Waals surface area contributed by atoms with Crippen LogP contribution in [0.5, 0.6) is 0 Å². The van der Waals surface area contributed by atoms with Crippen molar-refractivity contribution in [2.45, 2.75) is 38.1 Å². The summed E-state index contributed by atoms with van der Waals surface area (Å²) < 4.78 is 0. The predicted molar refractivity (Wildman–Crippen MR) is 218 cm³/mol. The van der Waals surface area contributed by atoms with Gasteiger partial charge in [-0.15, -0.1) is 0 Å². The smallest absolute Gasteiger partial charge is 0.0794 e. The van der Waals surface area contributed by atoms with Crippen molar-refractivity contribution in [1.82, 2.24) is 10.3 Å². The van der Waals surface area contributed by atoms with Gasteiger partial charge in [-0.2, -0.15) is 0 Å². The van der Waals surface area contributed by atoms with Gasteiger partial charge in [0, 0.05) is 23.4 Å². The van der Waals surface area contributed by atoms with E-state index in [1.165, 1.54) is 66.3 Å². The summed E-state index contributed by atoms with van der Waals surface area (Å²) in [4.78, 5) is 5.45. The van der Waals surface area contributed by atoms with Gasteiger partial charge in [0.1, 0.15) is 0 Å². The van der Waals surface area contributed by atoms with Gasteiger partial charge in [0.25, 0.3) is 0 Å². The fourth-order valence-corrected chi connectivity index (χ4v) is 8.21. The second-order valence-corrected chi connectivity index (χ2v) is 14.0. The first kappa shape index (κ1) is 31.0. The summed E-state index contributed by atoms with van der Waals surface area (Å²) in [7, 11) is 0. The SMILES string of the molecule is CC1(c2cccc(-c3nc4c(c5c6ccccc6c6ccccc6c35)CCC=C4)c2)C=CC(c2cc(/C=C\C=N)cc3c2/C=C\C=C/CC3)=CN1. The summed E-state index contributed by atoms with van der Waals surface area (Å²) in [5.74, 6) is 0. The van der Waals surface area contributed by atoms with Gasteiger partial charge in [0.2, 0.25) is 0 Å². The number of hydrogen-bond acceptors (Lipinski definition) is 3. The molecule has 0 fully saturated rings. The van der Waals surface area contributed by atoms with Crippen molar-refractivity contribution in [3.05, 3.63) is 173 Å². The Morgan fingerprint density at radius 1 is 0.765 bits per heavy atom. The van der Waals surface area contributed by atoms with Crippen molar-refractivity contribution in [1.29, 1.82) is 5.41 Å². The van der Waals surface area contributed by atoms with Crippen LogP contribution in [0.3, 0.4) is 0 Å². The van der Waals surface area contributed by atoms with E-state index in [1.807, 2.05) is 6.08 Å². The lowest BCUT2D eigenvalue weighted by molar-refractivity contribution is 0.526. The minimum Gasteiger partial charge on any atom is -0.378 e. The molecule has 2 aliphatic carbocycles. The lowest BCUT2D eigenvalue weighted by atomic mass is 9.83. The molecular weight excluding hydrogens is 619 g/mol. The summed E-state index contributed by atoms with van der Waals surface area (Å²) in [6.45, 7) is 2.25. The number of nitrogens with zero attached hydrogens (tertiary/aromatic N) is 1. The molecule has 3 aliphatic rings. The Labute approximate surface area is 299 Å². The normalized spacial score (nSPS) is 19.3. The number of nitrogens with one attached hydrogen (secondary N) is 2. The van der Waals surface area contributed by atoms with Gasteiger partial charge in [-0.3, -0.25) is 0 Å². The molecule has 3 heteroatoms. The molecule has 51 heavy (non-hydrogen) atoms. The fourth-order valence-electron chi connectivity index (χ4n) is 8.21. The summed E-state index contributed by atoms with van der Waals surface area (Å²) in [5, 5.41) is 19.0. The lowest BCUT2D eigenvalue weighted by Crippen LogP contribution is -2.35. The molecule has 2 N–H and O–H groups in total. The molecule has 0 amide bonds. The topological polar surface area (TPSA) is 48.8 Å². The number of dihydropyridines is 1. The fraction of sp³-hybridized carbons (Fsp3) is 0.125. The summed E-state index contributed by atoms with van der Waals surface area (Å²) in [6.07, 6.45) is 29.1. The van der Waals surface area contributed by atoms with Crippen LogP contribution in [-0.4, -0.2) is 11.2 Å². The van der Waals surface area contributed by atoms with E-state index in [-0.39, 0.29) is 0 Å². The number of fused-ring (bicyclic) bond motifs is 9. The van der Waals surface area contributed by atoms with Gasteiger partial charge in [0.15, 0.2) is 0 Å². The minimum absolute atomic E-state index is 0.414. The average molecular weight is 658 g/mol.